The van der Waals surface area contributed by atoms with E-state index in [0.29, 0.717) is 3.57 Å². The Bertz CT molecular complexity index is 597. The van der Waals surface area contributed by atoms with E-state index in [-0.39, 0.29) is 10.6 Å². The predicted octanol–water partition coefficient (Wildman–Crippen LogP) is 4.51. The first kappa shape index (κ1) is 13.8. The van der Waals surface area contributed by atoms with Crippen molar-refractivity contribution in [2.24, 2.45) is 0 Å². The minimum atomic E-state index is -0.373. The van der Waals surface area contributed by atoms with Crippen molar-refractivity contribution in [3.63, 3.8) is 0 Å². The molecular formula is C14H13IN2O2. The zero-order chi connectivity index (χ0) is 13.8. The molecule has 0 aromatic heterocycles. The molecule has 2 rings (SSSR count). The van der Waals surface area contributed by atoms with Crippen molar-refractivity contribution in [1.82, 2.24) is 0 Å². The first-order valence-electron chi connectivity index (χ1n) is 5.90. The van der Waals surface area contributed by atoms with Crippen LogP contribution in [-0.2, 0) is 6.42 Å². The van der Waals surface area contributed by atoms with Crippen LogP contribution in [0.3, 0.4) is 0 Å². The zero-order valence-corrected chi connectivity index (χ0v) is 12.5. The van der Waals surface area contributed by atoms with E-state index in [1.54, 1.807) is 12.1 Å². The monoisotopic (exact) mass is 368 g/mol. The van der Waals surface area contributed by atoms with E-state index >= 15 is 0 Å². The van der Waals surface area contributed by atoms with E-state index in [4.69, 9.17) is 0 Å². The fourth-order valence-electron chi connectivity index (χ4n) is 1.72. The normalized spacial score (nSPS) is 10.2. The van der Waals surface area contributed by atoms with Gasteiger partial charge in [-0.1, -0.05) is 19.1 Å². The third-order valence-corrected chi connectivity index (χ3v) is 3.66. The number of rotatable bonds is 4. The average Bonchev–Trinajstić information content (AvgIpc) is 2.39. The number of nitrogens with zero attached hydrogens (tertiary/aromatic N) is 1. The highest BCUT2D eigenvalue weighted by Crippen LogP contribution is 2.26. The van der Waals surface area contributed by atoms with Gasteiger partial charge in [-0.2, -0.15) is 0 Å². The zero-order valence-electron chi connectivity index (χ0n) is 10.4. The van der Waals surface area contributed by atoms with E-state index in [1.807, 2.05) is 34.7 Å². The third kappa shape index (κ3) is 3.44. The van der Waals surface area contributed by atoms with Gasteiger partial charge in [-0.25, -0.2) is 0 Å². The van der Waals surface area contributed by atoms with Gasteiger partial charge in [0.05, 0.1) is 8.49 Å². The molecule has 0 bridgehead atoms. The molecule has 0 unspecified atom stereocenters. The second-order valence-electron chi connectivity index (χ2n) is 4.10. The van der Waals surface area contributed by atoms with E-state index in [0.717, 1.165) is 17.8 Å². The summed E-state index contributed by atoms with van der Waals surface area (Å²) in [5.41, 5.74) is 3.23. The van der Waals surface area contributed by atoms with Gasteiger partial charge in [-0.05, 0) is 58.8 Å². The molecule has 19 heavy (non-hydrogen) atoms. The van der Waals surface area contributed by atoms with Crippen LogP contribution >= 0.6 is 22.6 Å². The highest BCUT2D eigenvalue weighted by molar-refractivity contribution is 14.1. The van der Waals surface area contributed by atoms with Crippen molar-refractivity contribution in [3.05, 3.63) is 61.7 Å². The van der Waals surface area contributed by atoms with Crippen LogP contribution in [0.4, 0.5) is 17.1 Å². The van der Waals surface area contributed by atoms with Gasteiger partial charge in [0.1, 0.15) is 0 Å². The molecule has 0 heterocycles. The lowest BCUT2D eigenvalue weighted by atomic mass is 10.1. The summed E-state index contributed by atoms with van der Waals surface area (Å²) in [4.78, 5) is 10.4. The summed E-state index contributed by atoms with van der Waals surface area (Å²) in [5, 5.41) is 14.0. The van der Waals surface area contributed by atoms with Gasteiger partial charge in [-0.15, -0.1) is 0 Å². The Morgan fingerprint density at radius 3 is 2.32 bits per heavy atom. The van der Waals surface area contributed by atoms with Gasteiger partial charge in [0.25, 0.3) is 5.69 Å². The third-order valence-electron chi connectivity index (χ3n) is 2.80. The lowest BCUT2D eigenvalue weighted by Gasteiger charge is -2.07. The molecule has 0 saturated heterocycles. The minimum absolute atomic E-state index is 0.132. The Labute approximate surface area is 125 Å². The van der Waals surface area contributed by atoms with Crippen LogP contribution in [0, 0.1) is 13.7 Å². The van der Waals surface area contributed by atoms with Crippen molar-refractivity contribution < 1.29 is 4.92 Å². The predicted molar refractivity (Wildman–Crippen MR) is 84.9 cm³/mol. The lowest BCUT2D eigenvalue weighted by molar-refractivity contribution is -0.385. The first-order chi connectivity index (χ1) is 9.10. The molecule has 4 nitrogen and oxygen atoms in total. The Morgan fingerprint density at radius 2 is 1.79 bits per heavy atom. The molecular weight excluding hydrogens is 355 g/mol. The Hall–Kier alpha value is -1.63. The second kappa shape index (κ2) is 6.01. The molecule has 0 atom stereocenters. The SMILES string of the molecule is CCc1ccc(Nc2ccc([N+](=O)[O-])c(I)c2)cc1. The van der Waals surface area contributed by atoms with Crippen LogP contribution < -0.4 is 5.32 Å². The van der Waals surface area contributed by atoms with E-state index in [9.17, 15) is 10.1 Å². The van der Waals surface area contributed by atoms with Crippen LogP contribution in [0.1, 0.15) is 12.5 Å². The number of nitrogens with one attached hydrogen (secondary N) is 1. The average molecular weight is 368 g/mol. The summed E-state index contributed by atoms with van der Waals surface area (Å²) in [6.45, 7) is 2.11. The molecule has 0 radical (unpaired) electrons. The van der Waals surface area contributed by atoms with Crippen LogP contribution in [-0.4, -0.2) is 4.92 Å². The molecule has 1 N–H and O–H groups in total. The summed E-state index contributed by atoms with van der Waals surface area (Å²) < 4.78 is 0.623. The minimum Gasteiger partial charge on any atom is -0.355 e. The van der Waals surface area contributed by atoms with E-state index in [2.05, 4.69) is 24.4 Å². The van der Waals surface area contributed by atoms with Crippen LogP contribution in [0.2, 0.25) is 0 Å². The Morgan fingerprint density at radius 1 is 1.16 bits per heavy atom. The lowest BCUT2D eigenvalue weighted by Crippen LogP contribution is -1.95. The fourth-order valence-corrected chi connectivity index (χ4v) is 2.44. The highest BCUT2D eigenvalue weighted by atomic mass is 127. The largest absolute Gasteiger partial charge is 0.355 e. The van der Waals surface area contributed by atoms with E-state index in [1.165, 1.54) is 11.6 Å². The molecule has 0 aliphatic carbocycles. The van der Waals surface area contributed by atoms with Gasteiger partial charge < -0.3 is 5.32 Å². The molecule has 0 aliphatic rings. The summed E-state index contributed by atoms with van der Waals surface area (Å²) in [5.74, 6) is 0. The summed E-state index contributed by atoms with van der Waals surface area (Å²) in [6.07, 6.45) is 1.01. The quantitative estimate of drug-likeness (QED) is 0.491. The molecule has 0 fully saturated rings. The summed E-state index contributed by atoms with van der Waals surface area (Å²) >= 11 is 1.97. The van der Waals surface area contributed by atoms with Crippen LogP contribution in [0.25, 0.3) is 0 Å². The standard InChI is InChI=1S/C14H13IN2O2/c1-2-10-3-5-11(6-4-10)16-12-7-8-14(17(18)19)13(15)9-12/h3-9,16H,2H2,1H3. The molecule has 98 valence electrons. The maximum Gasteiger partial charge on any atom is 0.282 e. The number of hydrogen-bond acceptors (Lipinski definition) is 3. The van der Waals surface area contributed by atoms with Crippen LogP contribution in [0.5, 0.6) is 0 Å². The number of benzene rings is 2. The summed E-state index contributed by atoms with van der Waals surface area (Å²) in [6, 6.07) is 13.2. The van der Waals surface area contributed by atoms with E-state index < -0.39 is 0 Å². The maximum atomic E-state index is 10.7. The number of anilines is 2. The van der Waals surface area contributed by atoms with Crippen molar-refractivity contribution in [2.75, 3.05) is 5.32 Å². The van der Waals surface area contributed by atoms with Gasteiger partial charge in [0.2, 0.25) is 0 Å². The van der Waals surface area contributed by atoms with Crippen molar-refractivity contribution >= 4 is 39.7 Å². The van der Waals surface area contributed by atoms with Crippen molar-refractivity contribution in [3.8, 4) is 0 Å². The number of hydrogen-bond donors (Lipinski definition) is 1. The molecule has 0 aliphatic heterocycles. The van der Waals surface area contributed by atoms with Gasteiger partial charge >= 0.3 is 0 Å². The first-order valence-corrected chi connectivity index (χ1v) is 6.98. The van der Waals surface area contributed by atoms with Gasteiger partial charge in [0.15, 0.2) is 0 Å². The molecule has 0 amide bonds. The second-order valence-corrected chi connectivity index (χ2v) is 5.26. The van der Waals surface area contributed by atoms with Crippen molar-refractivity contribution in [2.45, 2.75) is 13.3 Å². The number of halogens is 1. The maximum absolute atomic E-state index is 10.7. The molecule has 2 aromatic carbocycles. The number of nitro groups is 1. The molecule has 0 spiro atoms. The summed E-state index contributed by atoms with van der Waals surface area (Å²) in [7, 11) is 0. The molecule has 0 saturated carbocycles. The molecule has 5 heteroatoms. The Kier molecular flexibility index (Phi) is 4.36. The van der Waals surface area contributed by atoms with Crippen LogP contribution in [0.15, 0.2) is 42.5 Å². The number of aryl methyl sites for hydroxylation is 1. The fraction of sp³-hybridized carbons (Fsp3) is 0.143. The highest BCUT2D eigenvalue weighted by Gasteiger charge is 2.11. The van der Waals surface area contributed by atoms with Crippen molar-refractivity contribution in [1.29, 1.82) is 0 Å². The van der Waals surface area contributed by atoms with Gasteiger partial charge in [0, 0.05) is 17.4 Å². The smallest absolute Gasteiger partial charge is 0.282 e. The number of nitro benzene ring substituents is 1. The van der Waals surface area contributed by atoms with Gasteiger partial charge in [-0.3, -0.25) is 10.1 Å². The topological polar surface area (TPSA) is 55.2 Å². The Balaban J connectivity index is 2.18. The molecule has 2 aromatic rings.